The van der Waals surface area contributed by atoms with E-state index in [4.69, 9.17) is 37.9 Å². The molecule has 0 bridgehead atoms. The zero-order chi connectivity index (χ0) is 38.4. The Bertz CT molecular complexity index is 1630. The van der Waals surface area contributed by atoms with Crippen LogP contribution in [0, 0.1) is 11.8 Å². The summed E-state index contributed by atoms with van der Waals surface area (Å²) in [5, 5.41) is 1.33. The van der Waals surface area contributed by atoms with Crippen LogP contribution in [0.15, 0.2) is 64.8 Å². The number of allylic oxidation sites excluding steroid dienone is 3. The molecule has 3 amide bonds. The number of hydrogen-bond acceptors (Lipinski definition) is 5. The van der Waals surface area contributed by atoms with E-state index in [1.165, 1.54) is 0 Å². The SMILES string of the molecule is CCOc1cc(C(C)(C)C)ncc1/C(=N/C(C)(C)C1C=CC(Cl)=CC1)N(Cc1ccc(Cl)cc1)C(=O)N1CCC(CC(=O)N(C(C)C)C(C)C)CC1. The summed E-state index contributed by atoms with van der Waals surface area (Å²) >= 11 is 12.6. The highest BCUT2D eigenvalue weighted by atomic mass is 35.5. The molecule has 0 saturated carbocycles. The van der Waals surface area contributed by atoms with Gasteiger partial charge in [0.1, 0.15) is 11.6 Å². The average molecular weight is 753 g/mol. The highest BCUT2D eigenvalue weighted by molar-refractivity contribution is 6.31. The Balaban J connectivity index is 1.78. The first kappa shape index (κ1) is 41.4. The van der Waals surface area contributed by atoms with Gasteiger partial charge >= 0.3 is 6.03 Å². The lowest BCUT2D eigenvalue weighted by molar-refractivity contribution is -0.136. The van der Waals surface area contributed by atoms with E-state index in [0.29, 0.717) is 53.3 Å². The van der Waals surface area contributed by atoms with Gasteiger partial charge in [0.25, 0.3) is 0 Å². The molecule has 0 N–H and O–H groups in total. The lowest BCUT2D eigenvalue weighted by atomic mass is 9.83. The number of aliphatic imine (C=N–C) groups is 1. The van der Waals surface area contributed by atoms with Crippen LogP contribution in [0.1, 0.15) is 112 Å². The lowest BCUT2D eigenvalue weighted by Gasteiger charge is -2.38. The maximum atomic E-state index is 15.0. The van der Waals surface area contributed by atoms with Crippen molar-refractivity contribution in [2.75, 3.05) is 19.7 Å². The van der Waals surface area contributed by atoms with Crippen molar-refractivity contribution in [3.8, 4) is 5.75 Å². The molecule has 2 aromatic rings. The van der Waals surface area contributed by atoms with Gasteiger partial charge in [0, 0.05) is 70.9 Å². The number of aromatic nitrogens is 1. The summed E-state index contributed by atoms with van der Waals surface area (Å²) in [7, 11) is 0. The fraction of sp³-hybridized carbons (Fsp3) is 0.571. The summed E-state index contributed by atoms with van der Waals surface area (Å²) in [5.41, 5.74) is 1.61. The summed E-state index contributed by atoms with van der Waals surface area (Å²) in [4.78, 5) is 44.3. The van der Waals surface area contributed by atoms with Gasteiger partial charge in [0.05, 0.1) is 24.3 Å². The van der Waals surface area contributed by atoms with Crippen LogP contribution in [0.3, 0.4) is 0 Å². The zero-order valence-corrected chi connectivity index (χ0v) is 34.4. The second kappa shape index (κ2) is 17.6. The Morgan fingerprint density at radius 1 is 1.02 bits per heavy atom. The molecule has 1 aliphatic carbocycles. The van der Waals surface area contributed by atoms with Crippen LogP contribution < -0.4 is 4.74 Å². The molecule has 8 nitrogen and oxygen atoms in total. The smallest absolute Gasteiger partial charge is 0.325 e. The zero-order valence-electron chi connectivity index (χ0n) is 32.9. The number of piperidine rings is 1. The van der Waals surface area contributed by atoms with Gasteiger partial charge in [-0.1, -0.05) is 68.3 Å². The number of halogens is 2. The summed E-state index contributed by atoms with van der Waals surface area (Å²) in [6.45, 7) is 22.5. The third kappa shape index (κ3) is 10.6. The Morgan fingerprint density at radius 2 is 1.65 bits per heavy atom. The number of rotatable bonds is 11. The fourth-order valence-corrected chi connectivity index (χ4v) is 7.35. The number of carbonyl (C=O) groups is 2. The molecule has 1 aliphatic heterocycles. The van der Waals surface area contributed by atoms with Crippen molar-refractivity contribution in [2.45, 2.75) is 125 Å². The lowest BCUT2D eigenvalue weighted by Crippen LogP contribution is -2.50. The number of likely N-dealkylation sites (tertiary alicyclic amines) is 1. The highest BCUT2D eigenvalue weighted by Gasteiger charge is 2.36. The third-order valence-corrected chi connectivity index (χ3v) is 10.6. The van der Waals surface area contributed by atoms with E-state index in [1.807, 2.05) is 65.4 Å². The van der Waals surface area contributed by atoms with E-state index in [0.717, 1.165) is 30.5 Å². The monoisotopic (exact) mass is 751 g/mol. The summed E-state index contributed by atoms with van der Waals surface area (Å²) in [6, 6.07) is 9.69. The molecular weight excluding hydrogens is 693 g/mol. The number of nitrogens with zero attached hydrogens (tertiary/aromatic N) is 5. The van der Waals surface area contributed by atoms with E-state index in [-0.39, 0.29) is 47.8 Å². The maximum Gasteiger partial charge on any atom is 0.325 e. The van der Waals surface area contributed by atoms with Crippen molar-refractivity contribution in [1.29, 1.82) is 0 Å². The van der Waals surface area contributed by atoms with Gasteiger partial charge in [-0.2, -0.15) is 0 Å². The number of benzene rings is 1. The number of pyridine rings is 1. The number of urea groups is 1. The number of ether oxygens (including phenoxy) is 1. The van der Waals surface area contributed by atoms with Gasteiger partial charge in [-0.15, -0.1) is 0 Å². The van der Waals surface area contributed by atoms with Crippen LogP contribution in [0.2, 0.25) is 5.02 Å². The minimum Gasteiger partial charge on any atom is -0.493 e. The first-order chi connectivity index (χ1) is 24.4. The van der Waals surface area contributed by atoms with E-state index in [9.17, 15) is 9.59 Å². The predicted octanol–water partition coefficient (Wildman–Crippen LogP) is 10.0. The van der Waals surface area contributed by atoms with Crippen molar-refractivity contribution >= 4 is 41.0 Å². The van der Waals surface area contributed by atoms with Crippen molar-refractivity contribution < 1.29 is 14.3 Å². The topological polar surface area (TPSA) is 78.3 Å². The van der Waals surface area contributed by atoms with Crippen LogP contribution in [-0.4, -0.2) is 74.8 Å². The molecule has 284 valence electrons. The van der Waals surface area contributed by atoms with Crippen LogP contribution in [0.4, 0.5) is 4.79 Å². The minimum absolute atomic E-state index is 0.0411. The van der Waals surface area contributed by atoms with Gasteiger partial charge in [-0.25, -0.2) is 4.79 Å². The molecule has 0 spiro atoms. The third-order valence-electron chi connectivity index (χ3n) is 10.0. The molecule has 10 heteroatoms. The van der Waals surface area contributed by atoms with Gasteiger partial charge in [0.2, 0.25) is 5.91 Å². The molecule has 2 aliphatic rings. The Hall–Kier alpha value is -3.36. The van der Waals surface area contributed by atoms with E-state index in [1.54, 1.807) is 4.90 Å². The van der Waals surface area contributed by atoms with Crippen LogP contribution in [-0.2, 0) is 16.8 Å². The number of hydrogen-bond donors (Lipinski definition) is 0. The van der Waals surface area contributed by atoms with Crippen molar-refractivity contribution in [3.63, 3.8) is 0 Å². The van der Waals surface area contributed by atoms with E-state index in [2.05, 4.69) is 68.4 Å². The minimum atomic E-state index is -0.628. The van der Waals surface area contributed by atoms with E-state index >= 15 is 0 Å². The van der Waals surface area contributed by atoms with Crippen LogP contribution in [0.5, 0.6) is 5.75 Å². The molecule has 0 radical (unpaired) electrons. The van der Waals surface area contributed by atoms with Crippen molar-refractivity contribution in [3.05, 3.63) is 81.6 Å². The Kier molecular flexibility index (Phi) is 14.0. The molecular formula is C42H59Cl2N5O3. The molecule has 2 heterocycles. The molecule has 1 fully saturated rings. The van der Waals surface area contributed by atoms with E-state index < -0.39 is 5.54 Å². The Labute approximate surface area is 322 Å². The van der Waals surface area contributed by atoms with Gasteiger partial charge in [-0.3, -0.25) is 19.7 Å². The number of carbonyl (C=O) groups excluding carboxylic acids is 2. The first-order valence-electron chi connectivity index (χ1n) is 18.8. The molecule has 1 aromatic carbocycles. The molecule has 4 rings (SSSR count). The van der Waals surface area contributed by atoms with Crippen molar-refractivity contribution in [1.82, 2.24) is 19.7 Å². The first-order valence-corrected chi connectivity index (χ1v) is 19.6. The quantitative estimate of drug-likeness (QED) is 0.169. The molecule has 1 aromatic heterocycles. The number of amidine groups is 1. The molecule has 52 heavy (non-hydrogen) atoms. The standard InChI is InChI=1S/C42H59Cl2N5O3/c1-11-52-36-25-37(41(6,7)8)45-26-35(36)39(46-42(9,10)32-14-18-34(44)19-15-32)48(27-31-12-16-33(43)17-13-31)40(51)47-22-20-30(21-23-47)24-38(50)49(28(2)3)29(4)5/h12-14,16-19,25-26,28-30,32H,11,15,20-24,27H2,1-10H3/b46-39-. The predicted molar refractivity (Wildman–Crippen MR) is 214 cm³/mol. The van der Waals surface area contributed by atoms with Gasteiger partial charge in [0.15, 0.2) is 0 Å². The molecule has 1 saturated heterocycles. The molecule has 1 atom stereocenters. The fourth-order valence-electron chi connectivity index (χ4n) is 7.06. The highest BCUT2D eigenvalue weighted by Crippen LogP contribution is 2.35. The largest absolute Gasteiger partial charge is 0.493 e. The van der Waals surface area contributed by atoms with Crippen LogP contribution in [0.25, 0.3) is 0 Å². The van der Waals surface area contributed by atoms with Crippen molar-refractivity contribution in [2.24, 2.45) is 16.8 Å². The summed E-state index contributed by atoms with van der Waals surface area (Å²) in [6.07, 6.45) is 10.6. The normalized spacial score (nSPS) is 17.4. The average Bonchev–Trinajstić information content (AvgIpc) is 3.07. The Morgan fingerprint density at radius 3 is 2.19 bits per heavy atom. The van der Waals surface area contributed by atoms with Gasteiger partial charge < -0.3 is 14.5 Å². The van der Waals surface area contributed by atoms with Gasteiger partial charge in [-0.05, 0) is 97.4 Å². The second-order valence-corrected chi connectivity index (χ2v) is 17.1. The summed E-state index contributed by atoms with van der Waals surface area (Å²) < 4.78 is 6.31. The van der Waals surface area contributed by atoms with Crippen LogP contribution >= 0.6 is 23.2 Å². The number of amides is 3. The second-order valence-electron chi connectivity index (χ2n) is 16.2. The summed E-state index contributed by atoms with van der Waals surface area (Å²) in [5.74, 6) is 1.56. The maximum absolute atomic E-state index is 15.0. The molecule has 1 unspecified atom stereocenters.